The van der Waals surface area contributed by atoms with Gasteiger partial charge in [-0.05, 0) is 43.3 Å². The minimum Gasteiger partial charge on any atom is -0.454 e. The molecule has 154 valence electrons. The maximum atomic E-state index is 13.2. The highest BCUT2D eigenvalue weighted by Gasteiger charge is 2.20. The summed E-state index contributed by atoms with van der Waals surface area (Å²) in [5, 5.41) is 0. The molecule has 1 aromatic heterocycles. The van der Waals surface area contributed by atoms with Gasteiger partial charge in [0, 0.05) is 26.3 Å². The Kier molecular flexibility index (Phi) is 5.58. The molecule has 0 bridgehead atoms. The van der Waals surface area contributed by atoms with E-state index >= 15 is 0 Å². The second-order valence-corrected chi connectivity index (χ2v) is 8.67. The average molecular weight is 420 g/mol. The summed E-state index contributed by atoms with van der Waals surface area (Å²) in [6, 6.07) is 8.10. The molecule has 0 radical (unpaired) electrons. The van der Waals surface area contributed by atoms with Gasteiger partial charge in [0.05, 0.1) is 21.5 Å². The number of rotatable bonds is 6. The number of esters is 1. The van der Waals surface area contributed by atoms with Crippen molar-refractivity contribution in [2.75, 3.05) is 19.8 Å². The molecular weight excluding hydrogens is 399 g/mol. The van der Waals surface area contributed by atoms with E-state index in [-0.39, 0.29) is 22.8 Å². The van der Waals surface area contributed by atoms with Crippen LogP contribution in [-0.2, 0) is 27.9 Å². The molecule has 0 unspecified atom stereocenters. The molecule has 8 nitrogen and oxygen atoms in total. The lowest BCUT2D eigenvalue weighted by Crippen LogP contribution is -2.22. The fraction of sp³-hybridized carbons (Fsp3) is 0.263. The number of benzene rings is 2. The molecule has 29 heavy (non-hydrogen) atoms. The van der Waals surface area contributed by atoms with E-state index in [1.165, 1.54) is 32.3 Å². The summed E-state index contributed by atoms with van der Waals surface area (Å²) < 4.78 is 46.1. The number of hydrogen-bond donors (Lipinski definition) is 1. The minimum atomic E-state index is -3.59. The van der Waals surface area contributed by atoms with Gasteiger partial charge in [0.2, 0.25) is 10.0 Å². The lowest BCUT2D eigenvalue weighted by molar-refractivity contribution is 0.0460. The molecular formula is C19H21FN4O4S. The van der Waals surface area contributed by atoms with E-state index < -0.39 is 21.8 Å². The molecule has 10 heteroatoms. The zero-order valence-electron chi connectivity index (χ0n) is 16.2. The molecule has 2 aromatic carbocycles. The molecule has 0 amide bonds. The number of halogens is 1. The fourth-order valence-corrected chi connectivity index (χ4v) is 3.84. The average Bonchev–Trinajstić information content (AvgIpc) is 3.02. The van der Waals surface area contributed by atoms with Crippen LogP contribution in [0.5, 0.6) is 0 Å². The summed E-state index contributed by atoms with van der Waals surface area (Å²) in [6.07, 6.45) is 0. The largest absolute Gasteiger partial charge is 0.454 e. The van der Waals surface area contributed by atoms with Crippen molar-refractivity contribution in [2.45, 2.75) is 25.0 Å². The van der Waals surface area contributed by atoms with Gasteiger partial charge in [-0.15, -0.1) is 0 Å². The van der Waals surface area contributed by atoms with Crippen LogP contribution in [0.2, 0.25) is 0 Å². The van der Waals surface area contributed by atoms with E-state index in [9.17, 15) is 17.6 Å². The van der Waals surface area contributed by atoms with Gasteiger partial charge in [-0.2, -0.15) is 0 Å². The Hall–Kier alpha value is -2.98. The topological polar surface area (TPSA) is 108 Å². The molecule has 0 fully saturated rings. The first-order valence-electron chi connectivity index (χ1n) is 8.79. The number of anilines is 1. The first-order valence-corrected chi connectivity index (χ1v) is 10.2. The Morgan fingerprint density at radius 1 is 1.24 bits per heavy atom. The van der Waals surface area contributed by atoms with E-state index in [0.29, 0.717) is 17.9 Å². The monoisotopic (exact) mass is 420 g/mol. The van der Waals surface area contributed by atoms with Crippen molar-refractivity contribution >= 4 is 32.7 Å². The van der Waals surface area contributed by atoms with Crippen LogP contribution < -0.4 is 5.73 Å². The lowest BCUT2D eigenvalue weighted by Gasteiger charge is -2.11. The van der Waals surface area contributed by atoms with Gasteiger partial charge in [0.25, 0.3) is 0 Å². The van der Waals surface area contributed by atoms with Gasteiger partial charge in [-0.1, -0.05) is 0 Å². The Bertz CT molecular complexity index is 1190. The normalized spacial score (nSPS) is 11.9. The van der Waals surface area contributed by atoms with Crippen molar-refractivity contribution in [2.24, 2.45) is 0 Å². The van der Waals surface area contributed by atoms with E-state index in [2.05, 4.69) is 4.98 Å². The van der Waals surface area contributed by atoms with Gasteiger partial charge >= 0.3 is 5.97 Å². The Balaban J connectivity index is 1.90. The highest BCUT2D eigenvalue weighted by molar-refractivity contribution is 7.89. The van der Waals surface area contributed by atoms with E-state index in [0.717, 1.165) is 22.0 Å². The summed E-state index contributed by atoms with van der Waals surface area (Å²) in [5.41, 5.74) is 6.91. The zero-order chi connectivity index (χ0) is 21.3. The van der Waals surface area contributed by atoms with Crippen molar-refractivity contribution in [3.05, 3.63) is 53.6 Å². The third-order valence-electron chi connectivity index (χ3n) is 4.46. The van der Waals surface area contributed by atoms with E-state index in [1.54, 1.807) is 6.07 Å². The number of carbonyl (C=O) groups excluding carboxylic acids is 1. The van der Waals surface area contributed by atoms with Crippen LogP contribution in [0, 0.1) is 5.82 Å². The van der Waals surface area contributed by atoms with Crippen LogP contribution in [0.3, 0.4) is 0 Å². The zero-order valence-corrected chi connectivity index (χ0v) is 17.0. The summed E-state index contributed by atoms with van der Waals surface area (Å²) >= 11 is 0. The number of hydrogen-bond acceptors (Lipinski definition) is 6. The molecule has 0 atom stereocenters. The van der Waals surface area contributed by atoms with E-state index in [1.807, 2.05) is 11.5 Å². The molecule has 2 N–H and O–H groups in total. The number of fused-ring (bicyclic) bond motifs is 1. The Morgan fingerprint density at radius 3 is 2.59 bits per heavy atom. The van der Waals surface area contributed by atoms with Gasteiger partial charge in [0.1, 0.15) is 18.2 Å². The van der Waals surface area contributed by atoms with Gasteiger partial charge in [0.15, 0.2) is 0 Å². The van der Waals surface area contributed by atoms with Crippen molar-refractivity contribution in [1.29, 1.82) is 0 Å². The van der Waals surface area contributed by atoms with Gasteiger partial charge < -0.3 is 15.0 Å². The molecule has 0 saturated heterocycles. The van der Waals surface area contributed by atoms with Crippen LogP contribution in [0.25, 0.3) is 11.0 Å². The van der Waals surface area contributed by atoms with E-state index in [4.69, 9.17) is 10.5 Å². The second kappa shape index (κ2) is 7.80. The Labute approximate surface area is 167 Å². The number of aromatic nitrogens is 2. The summed E-state index contributed by atoms with van der Waals surface area (Å²) in [6.45, 7) is 2.30. The third kappa shape index (κ3) is 3.94. The number of nitrogens with two attached hydrogens (primary N) is 1. The molecule has 0 spiro atoms. The third-order valence-corrected chi connectivity index (χ3v) is 6.27. The summed E-state index contributed by atoms with van der Waals surface area (Å²) in [5.74, 6) is -0.792. The summed E-state index contributed by atoms with van der Waals surface area (Å²) in [4.78, 5) is 16.8. The predicted molar refractivity (Wildman–Crippen MR) is 106 cm³/mol. The van der Waals surface area contributed by atoms with Gasteiger partial charge in [-0.3, -0.25) is 0 Å². The SMILES string of the molecule is CCn1c(COC(=O)c2ccc(F)cc2N)nc2cc(S(=O)(=O)N(C)C)ccc21. The Morgan fingerprint density at radius 2 is 1.97 bits per heavy atom. The quantitative estimate of drug-likeness (QED) is 0.485. The number of aryl methyl sites for hydroxylation is 1. The van der Waals surface area contributed by atoms with Crippen molar-refractivity contribution in [3.63, 3.8) is 0 Å². The second-order valence-electron chi connectivity index (χ2n) is 6.52. The standard InChI is InChI=1S/C19H21FN4O4S/c1-4-24-17-8-6-13(29(26,27)23(2)3)10-16(17)22-18(24)11-28-19(25)14-7-5-12(20)9-15(14)21/h5-10H,4,11,21H2,1-3H3. The number of ether oxygens (including phenoxy) is 1. The number of nitrogens with zero attached hydrogens (tertiary/aromatic N) is 3. The van der Waals surface area contributed by atoms with Crippen molar-refractivity contribution in [3.8, 4) is 0 Å². The minimum absolute atomic E-state index is 0.0162. The van der Waals surface area contributed by atoms with Crippen LogP contribution >= 0.6 is 0 Å². The van der Waals surface area contributed by atoms with Crippen molar-refractivity contribution in [1.82, 2.24) is 13.9 Å². The number of imidazole rings is 1. The highest BCUT2D eigenvalue weighted by Crippen LogP contribution is 2.23. The molecule has 0 aliphatic carbocycles. The van der Waals surface area contributed by atoms with Crippen LogP contribution in [0.15, 0.2) is 41.3 Å². The predicted octanol–water partition coefficient (Wildman–Crippen LogP) is 2.38. The molecule has 0 saturated carbocycles. The van der Waals surface area contributed by atoms with Crippen LogP contribution in [-0.4, -0.2) is 42.3 Å². The van der Waals surface area contributed by atoms with Crippen LogP contribution in [0.4, 0.5) is 10.1 Å². The first-order chi connectivity index (χ1) is 13.6. The molecule has 3 aromatic rings. The smallest absolute Gasteiger partial charge is 0.340 e. The number of sulfonamides is 1. The van der Waals surface area contributed by atoms with Gasteiger partial charge in [-0.25, -0.2) is 26.9 Å². The fourth-order valence-electron chi connectivity index (χ4n) is 2.92. The molecule has 1 heterocycles. The summed E-state index contributed by atoms with van der Waals surface area (Å²) in [7, 11) is -0.685. The van der Waals surface area contributed by atoms with Crippen molar-refractivity contribution < 1.29 is 22.3 Å². The number of carbonyl (C=O) groups is 1. The van der Waals surface area contributed by atoms with Crippen LogP contribution in [0.1, 0.15) is 23.1 Å². The molecule has 0 aliphatic heterocycles. The molecule has 3 rings (SSSR count). The highest BCUT2D eigenvalue weighted by atomic mass is 32.2. The first kappa shape index (κ1) is 20.7. The maximum Gasteiger partial charge on any atom is 0.340 e. The maximum absolute atomic E-state index is 13.2. The number of nitrogen functional groups attached to an aromatic ring is 1. The lowest BCUT2D eigenvalue weighted by atomic mass is 10.2. The molecule has 0 aliphatic rings.